The van der Waals surface area contributed by atoms with E-state index in [4.69, 9.17) is 5.73 Å². The maximum Gasteiger partial charge on any atom is 0.0429 e. The number of hydrogen-bond acceptors (Lipinski definition) is 2. The summed E-state index contributed by atoms with van der Waals surface area (Å²) in [6.45, 7) is 6.45. The molecule has 0 spiro atoms. The number of fused-ring (bicyclic) bond motifs is 1. The highest BCUT2D eigenvalue weighted by Gasteiger charge is 2.17. The molecule has 1 aliphatic heterocycles. The number of anilines is 2. The lowest BCUT2D eigenvalue weighted by molar-refractivity contribution is 0.691. The van der Waals surface area contributed by atoms with E-state index in [1.807, 2.05) is 6.07 Å². The molecule has 0 atom stereocenters. The number of benzene rings is 2. The van der Waals surface area contributed by atoms with Crippen molar-refractivity contribution in [3.8, 4) is 0 Å². The quantitative estimate of drug-likeness (QED) is 0.837. The van der Waals surface area contributed by atoms with Crippen LogP contribution in [0.1, 0.15) is 28.7 Å². The van der Waals surface area contributed by atoms with E-state index in [0.717, 1.165) is 25.2 Å². The topological polar surface area (TPSA) is 29.3 Å². The standard InChI is InChI=1S/C18H22N2/c1-13-8-14(2)10-15(9-13)12-20-7-3-4-16-11-17(19)5-6-18(16)20/h5-6,8-11H,3-4,7,12,19H2,1-2H3. The predicted octanol–water partition coefficient (Wildman–Crippen LogP) is 3.84. The van der Waals surface area contributed by atoms with Crippen LogP contribution in [-0.4, -0.2) is 6.54 Å². The molecule has 1 aliphatic rings. The molecule has 104 valence electrons. The summed E-state index contributed by atoms with van der Waals surface area (Å²) >= 11 is 0. The predicted molar refractivity (Wildman–Crippen MR) is 86.1 cm³/mol. The summed E-state index contributed by atoms with van der Waals surface area (Å²) < 4.78 is 0. The van der Waals surface area contributed by atoms with Crippen LogP contribution in [0.4, 0.5) is 11.4 Å². The van der Waals surface area contributed by atoms with Gasteiger partial charge in [-0.1, -0.05) is 29.3 Å². The normalized spacial score (nSPS) is 14.2. The summed E-state index contributed by atoms with van der Waals surface area (Å²) in [4.78, 5) is 2.48. The Morgan fingerprint density at radius 1 is 1.05 bits per heavy atom. The fourth-order valence-electron chi connectivity index (χ4n) is 3.24. The fourth-order valence-corrected chi connectivity index (χ4v) is 3.24. The molecule has 0 bridgehead atoms. The third-order valence-corrected chi connectivity index (χ3v) is 3.97. The van der Waals surface area contributed by atoms with E-state index in [-0.39, 0.29) is 0 Å². The third-order valence-electron chi connectivity index (χ3n) is 3.97. The Kier molecular flexibility index (Phi) is 3.39. The van der Waals surface area contributed by atoms with Crippen LogP contribution in [0.5, 0.6) is 0 Å². The summed E-state index contributed by atoms with van der Waals surface area (Å²) in [5, 5.41) is 0. The second-order valence-electron chi connectivity index (χ2n) is 5.91. The first kappa shape index (κ1) is 13.0. The first-order chi connectivity index (χ1) is 9.61. The molecule has 2 heteroatoms. The minimum Gasteiger partial charge on any atom is -0.399 e. The lowest BCUT2D eigenvalue weighted by Crippen LogP contribution is -2.28. The highest BCUT2D eigenvalue weighted by Crippen LogP contribution is 2.30. The lowest BCUT2D eigenvalue weighted by atomic mass is 9.99. The van der Waals surface area contributed by atoms with Gasteiger partial charge >= 0.3 is 0 Å². The molecule has 2 nitrogen and oxygen atoms in total. The number of rotatable bonds is 2. The molecule has 2 aromatic carbocycles. The maximum atomic E-state index is 5.90. The van der Waals surface area contributed by atoms with Crippen molar-refractivity contribution in [2.45, 2.75) is 33.2 Å². The Morgan fingerprint density at radius 3 is 2.55 bits per heavy atom. The van der Waals surface area contributed by atoms with Crippen LogP contribution in [0, 0.1) is 13.8 Å². The van der Waals surface area contributed by atoms with Crippen molar-refractivity contribution in [3.63, 3.8) is 0 Å². The van der Waals surface area contributed by atoms with Gasteiger partial charge in [0.1, 0.15) is 0 Å². The summed E-state index contributed by atoms with van der Waals surface area (Å²) in [6.07, 6.45) is 2.35. The molecule has 2 aromatic rings. The van der Waals surface area contributed by atoms with Gasteiger partial charge in [0.05, 0.1) is 0 Å². The zero-order valence-electron chi connectivity index (χ0n) is 12.3. The SMILES string of the molecule is Cc1cc(C)cc(CN2CCCc3cc(N)ccc32)c1. The van der Waals surface area contributed by atoms with Crippen molar-refractivity contribution < 1.29 is 0 Å². The molecule has 0 saturated carbocycles. The minimum absolute atomic E-state index is 0.872. The molecular weight excluding hydrogens is 244 g/mol. The summed E-state index contributed by atoms with van der Waals surface area (Å²) in [5.41, 5.74) is 13.6. The third kappa shape index (κ3) is 2.64. The van der Waals surface area contributed by atoms with Crippen molar-refractivity contribution in [1.29, 1.82) is 0 Å². The molecule has 2 N–H and O–H groups in total. The van der Waals surface area contributed by atoms with Crippen molar-refractivity contribution in [2.24, 2.45) is 0 Å². The average Bonchev–Trinajstić information content (AvgIpc) is 2.37. The smallest absolute Gasteiger partial charge is 0.0429 e. The van der Waals surface area contributed by atoms with Gasteiger partial charge < -0.3 is 10.6 Å². The Balaban J connectivity index is 1.89. The first-order valence-electron chi connectivity index (χ1n) is 7.32. The average molecular weight is 266 g/mol. The van der Waals surface area contributed by atoms with Gasteiger partial charge in [0.25, 0.3) is 0 Å². The number of hydrogen-bond donors (Lipinski definition) is 1. The summed E-state index contributed by atoms with van der Waals surface area (Å²) in [7, 11) is 0. The molecule has 0 amide bonds. The van der Waals surface area contributed by atoms with E-state index < -0.39 is 0 Å². The van der Waals surface area contributed by atoms with Gasteiger partial charge in [-0.15, -0.1) is 0 Å². The van der Waals surface area contributed by atoms with Gasteiger partial charge in [-0.05, 0) is 56.0 Å². The summed E-state index contributed by atoms with van der Waals surface area (Å²) in [6, 6.07) is 13.1. The number of aryl methyl sites for hydroxylation is 3. The van der Waals surface area contributed by atoms with E-state index >= 15 is 0 Å². The molecule has 0 unspecified atom stereocenters. The zero-order valence-corrected chi connectivity index (χ0v) is 12.3. The van der Waals surface area contributed by atoms with E-state index in [9.17, 15) is 0 Å². The van der Waals surface area contributed by atoms with Crippen LogP contribution >= 0.6 is 0 Å². The first-order valence-corrected chi connectivity index (χ1v) is 7.32. The van der Waals surface area contributed by atoms with Gasteiger partial charge in [0.2, 0.25) is 0 Å². The molecule has 20 heavy (non-hydrogen) atoms. The second kappa shape index (κ2) is 5.20. The van der Waals surface area contributed by atoms with Crippen molar-refractivity contribution >= 4 is 11.4 Å². The highest BCUT2D eigenvalue weighted by atomic mass is 15.1. The zero-order chi connectivity index (χ0) is 14.1. The minimum atomic E-state index is 0.872. The van der Waals surface area contributed by atoms with Gasteiger partial charge in [-0.3, -0.25) is 0 Å². The Bertz CT molecular complexity index is 611. The van der Waals surface area contributed by atoms with Gasteiger partial charge in [-0.25, -0.2) is 0 Å². The van der Waals surface area contributed by atoms with Crippen LogP contribution in [0.15, 0.2) is 36.4 Å². The fraction of sp³-hybridized carbons (Fsp3) is 0.333. The van der Waals surface area contributed by atoms with Crippen LogP contribution in [-0.2, 0) is 13.0 Å². The van der Waals surface area contributed by atoms with Crippen molar-refractivity contribution in [3.05, 3.63) is 58.7 Å². The Labute approximate surface area is 121 Å². The molecule has 0 aromatic heterocycles. The number of nitrogen functional groups attached to an aromatic ring is 1. The second-order valence-corrected chi connectivity index (χ2v) is 5.91. The summed E-state index contributed by atoms with van der Waals surface area (Å²) in [5.74, 6) is 0. The van der Waals surface area contributed by atoms with E-state index in [1.165, 1.54) is 34.4 Å². The number of nitrogens with two attached hydrogens (primary N) is 1. The molecule has 0 radical (unpaired) electrons. The Hall–Kier alpha value is -1.96. The van der Waals surface area contributed by atoms with Crippen LogP contribution in [0.3, 0.4) is 0 Å². The highest BCUT2D eigenvalue weighted by molar-refractivity contribution is 5.61. The molecule has 0 saturated heterocycles. The molecule has 1 heterocycles. The van der Waals surface area contributed by atoms with E-state index in [2.05, 4.69) is 49.1 Å². The largest absolute Gasteiger partial charge is 0.399 e. The van der Waals surface area contributed by atoms with Crippen molar-refractivity contribution in [1.82, 2.24) is 0 Å². The van der Waals surface area contributed by atoms with Crippen molar-refractivity contribution in [2.75, 3.05) is 17.2 Å². The molecular formula is C18H22N2. The maximum absolute atomic E-state index is 5.90. The van der Waals surface area contributed by atoms with Gasteiger partial charge in [0.15, 0.2) is 0 Å². The monoisotopic (exact) mass is 266 g/mol. The van der Waals surface area contributed by atoms with Gasteiger partial charge in [0, 0.05) is 24.5 Å². The van der Waals surface area contributed by atoms with E-state index in [1.54, 1.807) is 0 Å². The molecule has 0 aliphatic carbocycles. The molecule has 0 fully saturated rings. The Morgan fingerprint density at radius 2 is 1.80 bits per heavy atom. The van der Waals surface area contributed by atoms with E-state index in [0.29, 0.717) is 0 Å². The van der Waals surface area contributed by atoms with Crippen LogP contribution in [0.25, 0.3) is 0 Å². The lowest BCUT2D eigenvalue weighted by Gasteiger charge is -2.31. The van der Waals surface area contributed by atoms with Gasteiger partial charge in [-0.2, -0.15) is 0 Å². The van der Waals surface area contributed by atoms with Crippen LogP contribution < -0.4 is 10.6 Å². The molecule has 3 rings (SSSR count). The van der Waals surface area contributed by atoms with Crippen LogP contribution in [0.2, 0.25) is 0 Å². The number of nitrogens with zero attached hydrogens (tertiary/aromatic N) is 1.